The fourth-order valence-electron chi connectivity index (χ4n) is 2.22. The van der Waals surface area contributed by atoms with Crippen molar-refractivity contribution in [2.24, 2.45) is 0 Å². The van der Waals surface area contributed by atoms with Gasteiger partial charge in [0.2, 0.25) is 0 Å². The fraction of sp³-hybridized carbons (Fsp3) is 0.533. The minimum atomic E-state index is -1.32. The van der Waals surface area contributed by atoms with Gasteiger partial charge in [0.25, 0.3) is 0 Å². The number of rotatable bonds is 7. The van der Waals surface area contributed by atoms with Crippen molar-refractivity contribution < 1.29 is 35.1 Å². The molecule has 1 fully saturated rings. The molecule has 24 heavy (non-hydrogen) atoms. The Hall–Kier alpha value is -0.641. The first-order valence-electron chi connectivity index (χ1n) is 7.26. The Morgan fingerprint density at radius 2 is 1.79 bits per heavy atom. The van der Waals surface area contributed by atoms with Crippen LogP contribution in [0.4, 0.5) is 0 Å². The number of aliphatic hydroxyl groups excluding tert-OH is 4. The zero-order valence-corrected chi connectivity index (χ0v) is 15.2. The van der Waals surface area contributed by atoms with E-state index in [-0.39, 0.29) is 20.5 Å². The predicted octanol–water partition coefficient (Wildman–Crippen LogP) is -0.920. The summed E-state index contributed by atoms with van der Waals surface area (Å²) in [7, 11) is 0. The van der Waals surface area contributed by atoms with Crippen molar-refractivity contribution in [3.05, 3.63) is 35.4 Å². The quantitative estimate of drug-likeness (QED) is 0.282. The van der Waals surface area contributed by atoms with Crippen LogP contribution in [0.3, 0.4) is 0 Å². The van der Waals surface area contributed by atoms with Gasteiger partial charge < -0.3 is 0 Å². The molecule has 9 heteroatoms. The number of aliphatic hydroxyl groups is 4. The summed E-state index contributed by atoms with van der Waals surface area (Å²) in [6, 6.07) is 6.64. The molecule has 0 aromatic heterocycles. The number of hydrogen-bond donors (Lipinski definition) is 5. The van der Waals surface area contributed by atoms with Gasteiger partial charge in [0.05, 0.1) is 0 Å². The van der Waals surface area contributed by atoms with Crippen molar-refractivity contribution in [2.75, 3.05) is 11.3 Å². The van der Waals surface area contributed by atoms with Crippen LogP contribution in [0.5, 0.6) is 0 Å². The molecule has 0 aliphatic carbocycles. The third kappa shape index (κ3) is 4.93. The van der Waals surface area contributed by atoms with E-state index < -0.39 is 42.0 Å². The van der Waals surface area contributed by atoms with Gasteiger partial charge in [-0.3, -0.25) is 0 Å². The molecule has 0 radical (unpaired) electrons. The second kappa shape index (κ2) is 9.17. The minimum absolute atomic E-state index is 0.153. The summed E-state index contributed by atoms with van der Waals surface area (Å²) in [5.74, 6) is -0.265. The Morgan fingerprint density at radius 1 is 1.12 bits per heavy atom. The van der Waals surface area contributed by atoms with Crippen LogP contribution < -0.4 is 0 Å². The Labute approximate surface area is 149 Å². The molecular formula is C15H20O7SSe. The number of benzene rings is 1. The van der Waals surface area contributed by atoms with Crippen LogP contribution in [0.1, 0.15) is 15.9 Å². The number of carbonyl (C=O) groups is 1. The summed E-state index contributed by atoms with van der Waals surface area (Å²) < 4.78 is 6.17. The number of carboxylic acid groups (broad SMARTS) is 1. The van der Waals surface area contributed by atoms with Crippen LogP contribution in [0.25, 0.3) is 0 Å². The third-order valence-electron chi connectivity index (χ3n) is 3.63. The number of aromatic carboxylic acids is 1. The van der Waals surface area contributed by atoms with Gasteiger partial charge in [-0.05, 0) is 0 Å². The van der Waals surface area contributed by atoms with E-state index in [1.807, 2.05) is 0 Å². The molecule has 0 amide bonds. The summed E-state index contributed by atoms with van der Waals surface area (Å²) >= 11 is 1.46. The number of carboxylic acids is 1. The summed E-state index contributed by atoms with van der Waals surface area (Å²) in [4.78, 5) is 10.8. The summed E-state index contributed by atoms with van der Waals surface area (Å²) in [5.41, 5.74) is 1.24. The van der Waals surface area contributed by atoms with Crippen LogP contribution in [0, 0.1) is 0 Å². The molecule has 1 saturated heterocycles. The van der Waals surface area contributed by atoms with Gasteiger partial charge >= 0.3 is 150 Å². The molecule has 5 atom stereocenters. The van der Waals surface area contributed by atoms with Gasteiger partial charge in [0.1, 0.15) is 0 Å². The molecule has 7 nitrogen and oxygen atoms in total. The molecule has 0 saturated carbocycles. The predicted molar refractivity (Wildman–Crippen MR) is 89.1 cm³/mol. The van der Waals surface area contributed by atoms with Gasteiger partial charge in [-0.2, -0.15) is 0 Å². The molecule has 5 unspecified atom stereocenters. The Bertz CT molecular complexity index is 539. The number of ether oxygens (including phenoxy) is 1. The topological polar surface area (TPSA) is 127 Å². The first-order chi connectivity index (χ1) is 11.4. The van der Waals surface area contributed by atoms with E-state index in [4.69, 9.17) is 14.9 Å². The Balaban J connectivity index is 1.78. The van der Waals surface area contributed by atoms with Crippen LogP contribution >= 0.6 is 11.8 Å². The van der Waals surface area contributed by atoms with E-state index in [1.165, 1.54) is 0 Å². The van der Waals surface area contributed by atoms with E-state index in [0.717, 1.165) is 5.56 Å². The van der Waals surface area contributed by atoms with Crippen molar-refractivity contribution in [1.82, 2.24) is 0 Å². The molecule has 1 aromatic rings. The molecule has 1 aliphatic rings. The summed E-state index contributed by atoms with van der Waals surface area (Å²) in [6.07, 6.45) is -4.67. The summed E-state index contributed by atoms with van der Waals surface area (Å²) in [6.45, 7) is -0.416. The van der Waals surface area contributed by atoms with Crippen LogP contribution in [-0.2, 0) is 10.5 Å². The SMILES string of the molecule is O=C(O)c1ccc(CSC[Se]C2OC(CO)C(O)C(O)C2O)cc1. The Kier molecular flexibility index (Phi) is 7.52. The van der Waals surface area contributed by atoms with Crippen molar-refractivity contribution in [1.29, 1.82) is 0 Å². The van der Waals surface area contributed by atoms with Gasteiger partial charge in [-0.1, -0.05) is 0 Å². The molecule has 1 aromatic carbocycles. The second-order valence-corrected chi connectivity index (χ2v) is 9.42. The Morgan fingerprint density at radius 3 is 2.38 bits per heavy atom. The average molecular weight is 423 g/mol. The number of hydrogen-bond acceptors (Lipinski definition) is 7. The second-order valence-electron chi connectivity index (χ2n) is 5.33. The van der Waals surface area contributed by atoms with Crippen LogP contribution in [0.15, 0.2) is 24.3 Å². The van der Waals surface area contributed by atoms with Crippen molar-refractivity contribution in [3.63, 3.8) is 0 Å². The molecule has 0 bridgehead atoms. The van der Waals surface area contributed by atoms with Crippen molar-refractivity contribution >= 4 is 32.7 Å². The van der Waals surface area contributed by atoms with E-state index in [1.54, 1.807) is 36.0 Å². The zero-order valence-electron chi connectivity index (χ0n) is 12.7. The molecule has 2 rings (SSSR count). The van der Waals surface area contributed by atoms with E-state index in [2.05, 4.69) is 0 Å². The number of thioether (sulfide) groups is 1. The standard InChI is InChI=1S/C15H20O7SSe/c16-5-10-11(17)12(18)13(19)15(22-10)24-7-23-6-8-1-3-9(4-2-8)14(20)21/h1-4,10-13,15-19H,5-7H2,(H,20,21). The normalized spacial score (nSPS) is 30.2. The van der Waals surface area contributed by atoms with Crippen LogP contribution in [0.2, 0.25) is 0 Å². The van der Waals surface area contributed by atoms with Gasteiger partial charge in [-0.15, -0.1) is 0 Å². The first-order valence-corrected chi connectivity index (χ1v) is 10.6. The molecule has 134 valence electrons. The monoisotopic (exact) mass is 424 g/mol. The van der Waals surface area contributed by atoms with Crippen molar-refractivity contribution in [3.8, 4) is 0 Å². The molecule has 5 N–H and O–H groups in total. The molecular weight excluding hydrogens is 403 g/mol. The van der Waals surface area contributed by atoms with Gasteiger partial charge in [-0.25, -0.2) is 0 Å². The zero-order chi connectivity index (χ0) is 17.7. The third-order valence-corrected chi connectivity index (χ3v) is 7.89. The first kappa shape index (κ1) is 19.7. The van der Waals surface area contributed by atoms with Gasteiger partial charge in [0.15, 0.2) is 0 Å². The fourth-order valence-corrected chi connectivity index (χ4v) is 6.16. The van der Waals surface area contributed by atoms with Crippen molar-refractivity contribution in [2.45, 2.75) is 35.2 Å². The average Bonchev–Trinajstić information content (AvgIpc) is 2.58. The van der Waals surface area contributed by atoms with Gasteiger partial charge in [0, 0.05) is 0 Å². The molecule has 1 heterocycles. The van der Waals surface area contributed by atoms with Crippen LogP contribution in [-0.4, -0.2) is 87.1 Å². The molecule has 1 aliphatic heterocycles. The van der Waals surface area contributed by atoms with E-state index in [9.17, 15) is 20.1 Å². The maximum absolute atomic E-state index is 10.8. The maximum atomic E-state index is 10.8. The van der Waals surface area contributed by atoms with E-state index in [0.29, 0.717) is 10.4 Å². The molecule has 0 spiro atoms. The van der Waals surface area contributed by atoms with E-state index >= 15 is 0 Å². The summed E-state index contributed by atoms with van der Waals surface area (Å²) in [5, 5.41) is 46.8.